The Morgan fingerprint density at radius 2 is 1.38 bits per heavy atom. The van der Waals surface area contributed by atoms with E-state index >= 15 is 0 Å². The van der Waals surface area contributed by atoms with Crippen LogP contribution in [0.4, 0.5) is 4.39 Å². The normalized spacial score (nSPS) is 10.7. The molecule has 3 heteroatoms. The molecule has 0 amide bonds. The molecule has 0 aliphatic carbocycles. The highest BCUT2D eigenvalue weighted by Gasteiger charge is 2.13. The van der Waals surface area contributed by atoms with Gasteiger partial charge in [-0.25, -0.2) is 4.39 Å². The summed E-state index contributed by atoms with van der Waals surface area (Å²) in [6.07, 6.45) is 10.2. The van der Waals surface area contributed by atoms with Gasteiger partial charge in [-0.1, -0.05) is 88.3 Å². The molecule has 32 heavy (non-hydrogen) atoms. The molecule has 0 saturated heterocycles. The van der Waals surface area contributed by atoms with Crippen LogP contribution in [0.1, 0.15) is 63.9 Å². The number of ether oxygens (including phenoxy) is 1. The first-order valence-electron chi connectivity index (χ1n) is 11.7. The van der Waals surface area contributed by atoms with E-state index in [4.69, 9.17) is 10.00 Å². The minimum Gasteiger partial charge on any atom is -0.494 e. The molecule has 166 valence electrons. The number of hydrogen-bond acceptors (Lipinski definition) is 2. The molecule has 0 bridgehead atoms. The summed E-state index contributed by atoms with van der Waals surface area (Å²) in [7, 11) is 0. The Labute approximate surface area is 191 Å². The first-order valence-corrected chi connectivity index (χ1v) is 11.7. The van der Waals surface area contributed by atoms with E-state index in [0.29, 0.717) is 11.1 Å². The van der Waals surface area contributed by atoms with Gasteiger partial charge in [0, 0.05) is 5.56 Å². The second-order valence-corrected chi connectivity index (χ2v) is 8.20. The van der Waals surface area contributed by atoms with Crippen LogP contribution in [0.5, 0.6) is 5.75 Å². The Bertz CT molecular complexity index is 1000. The van der Waals surface area contributed by atoms with Crippen molar-refractivity contribution >= 4 is 0 Å². The molecule has 0 spiro atoms. The van der Waals surface area contributed by atoms with E-state index in [1.165, 1.54) is 51.0 Å². The summed E-state index contributed by atoms with van der Waals surface area (Å²) in [5, 5.41) is 9.02. The SMILES string of the molecule is CCCCCCCCCCOc1ccc(-c2cccc(F)c2-c2ccc(C#N)cc2)cc1. The molecular weight excluding hydrogens is 397 g/mol. The van der Waals surface area contributed by atoms with E-state index in [-0.39, 0.29) is 5.82 Å². The van der Waals surface area contributed by atoms with E-state index in [0.717, 1.165) is 35.5 Å². The van der Waals surface area contributed by atoms with Gasteiger partial charge in [0.05, 0.1) is 18.2 Å². The first kappa shape index (κ1) is 23.5. The van der Waals surface area contributed by atoms with Crippen molar-refractivity contribution < 1.29 is 9.13 Å². The maximum absolute atomic E-state index is 14.7. The molecule has 0 aliphatic heterocycles. The summed E-state index contributed by atoms with van der Waals surface area (Å²) < 4.78 is 20.7. The molecule has 3 rings (SSSR count). The number of rotatable bonds is 12. The predicted octanol–water partition coefficient (Wildman–Crippen LogP) is 8.55. The monoisotopic (exact) mass is 429 g/mol. The third-order valence-electron chi connectivity index (χ3n) is 5.75. The van der Waals surface area contributed by atoms with Crippen LogP contribution in [-0.2, 0) is 0 Å². The standard InChI is InChI=1S/C29H32FNO/c1-2-3-4-5-6-7-8-9-21-32-26-19-17-24(18-20-26)27-11-10-12-28(30)29(27)25-15-13-23(22-31)14-16-25/h10-20H,2-9,21H2,1H3. The average Bonchev–Trinajstić information content (AvgIpc) is 2.83. The number of nitrogens with zero attached hydrogens (tertiary/aromatic N) is 1. The van der Waals surface area contributed by atoms with Gasteiger partial charge >= 0.3 is 0 Å². The molecule has 0 atom stereocenters. The number of halogens is 1. The zero-order chi connectivity index (χ0) is 22.6. The zero-order valence-electron chi connectivity index (χ0n) is 18.9. The molecule has 0 fully saturated rings. The van der Waals surface area contributed by atoms with E-state index in [1.54, 1.807) is 30.3 Å². The van der Waals surface area contributed by atoms with Crippen LogP contribution in [-0.4, -0.2) is 6.61 Å². The summed E-state index contributed by atoms with van der Waals surface area (Å²) >= 11 is 0. The molecule has 0 unspecified atom stereocenters. The van der Waals surface area contributed by atoms with Gasteiger partial charge in [0.1, 0.15) is 11.6 Å². The largest absolute Gasteiger partial charge is 0.494 e. The van der Waals surface area contributed by atoms with Crippen LogP contribution < -0.4 is 4.74 Å². The highest BCUT2D eigenvalue weighted by molar-refractivity contribution is 5.84. The fourth-order valence-corrected chi connectivity index (χ4v) is 3.93. The van der Waals surface area contributed by atoms with Crippen LogP contribution in [0.2, 0.25) is 0 Å². The molecular formula is C29H32FNO. The number of benzene rings is 3. The van der Waals surface area contributed by atoms with E-state index in [1.807, 2.05) is 30.3 Å². The van der Waals surface area contributed by atoms with Gasteiger partial charge < -0.3 is 4.74 Å². The maximum Gasteiger partial charge on any atom is 0.131 e. The topological polar surface area (TPSA) is 33.0 Å². The van der Waals surface area contributed by atoms with Crippen molar-refractivity contribution in [1.29, 1.82) is 5.26 Å². The van der Waals surface area contributed by atoms with Crippen molar-refractivity contribution in [2.75, 3.05) is 6.61 Å². The van der Waals surface area contributed by atoms with Gasteiger partial charge in [-0.15, -0.1) is 0 Å². The smallest absolute Gasteiger partial charge is 0.131 e. The van der Waals surface area contributed by atoms with Crippen LogP contribution in [0.15, 0.2) is 66.7 Å². The van der Waals surface area contributed by atoms with Crippen molar-refractivity contribution in [2.45, 2.75) is 58.3 Å². The molecule has 0 heterocycles. The lowest BCUT2D eigenvalue weighted by atomic mass is 9.93. The lowest BCUT2D eigenvalue weighted by Crippen LogP contribution is -1.97. The fraction of sp³-hybridized carbons (Fsp3) is 0.345. The second kappa shape index (κ2) is 12.7. The Morgan fingerprint density at radius 3 is 2.03 bits per heavy atom. The van der Waals surface area contributed by atoms with Gasteiger partial charge in [-0.05, 0) is 53.4 Å². The highest BCUT2D eigenvalue weighted by atomic mass is 19.1. The Balaban J connectivity index is 1.58. The molecule has 0 radical (unpaired) electrons. The summed E-state index contributed by atoms with van der Waals surface area (Å²) in [5.41, 5.74) is 3.62. The quantitative estimate of drug-likeness (QED) is 0.270. The summed E-state index contributed by atoms with van der Waals surface area (Å²) in [4.78, 5) is 0. The molecule has 3 aromatic rings. The van der Waals surface area contributed by atoms with Gasteiger partial charge in [0.15, 0.2) is 0 Å². The van der Waals surface area contributed by atoms with Crippen molar-refractivity contribution in [2.24, 2.45) is 0 Å². The molecule has 3 aromatic carbocycles. The van der Waals surface area contributed by atoms with Crippen molar-refractivity contribution in [3.8, 4) is 34.1 Å². The van der Waals surface area contributed by atoms with E-state index in [9.17, 15) is 4.39 Å². The minimum atomic E-state index is -0.276. The van der Waals surface area contributed by atoms with Gasteiger partial charge in [-0.3, -0.25) is 0 Å². The van der Waals surface area contributed by atoms with E-state index < -0.39 is 0 Å². The molecule has 0 saturated carbocycles. The minimum absolute atomic E-state index is 0.276. The Hall–Kier alpha value is -3.12. The van der Waals surface area contributed by atoms with Crippen LogP contribution in [0.3, 0.4) is 0 Å². The number of nitriles is 1. The van der Waals surface area contributed by atoms with Crippen molar-refractivity contribution in [3.63, 3.8) is 0 Å². The first-order chi connectivity index (χ1) is 15.7. The fourth-order valence-electron chi connectivity index (χ4n) is 3.93. The van der Waals surface area contributed by atoms with Crippen LogP contribution >= 0.6 is 0 Å². The predicted molar refractivity (Wildman–Crippen MR) is 130 cm³/mol. The maximum atomic E-state index is 14.7. The molecule has 0 N–H and O–H groups in total. The summed E-state index contributed by atoms with van der Waals surface area (Å²) in [5.74, 6) is 0.565. The summed E-state index contributed by atoms with van der Waals surface area (Å²) in [6.45, 7) is 2.97. The number of hydrogen-bond donors (Lipinski definition) is 0. The zero-order valence-corrected chi connectivity index (χ0v) is 18.9. The van der Waals surface area contributed by atoms with Crippen molar-refractivity contribution in [1.82, 2.24) is 0 Å². The Kier molecular flexibility index (Phi) is 9.32. The molecule has 0 aromatic heterocycles. The van der Waals surface area contributed by atoms with Crippen molar-refractivity contribution in [3.05, 3.63) is 78.1 Å². The van der Waals surface area contributed by atoms with Gasteiger partial charge in [0.25, 0.3) is 0 Å². The average molecular weight is 430 g/mol. The second-order valence-electron chi connectivity index (χ2n) is 8.20. The van der Waals surface area contributed by atoms with Gasteiger partial charge in [-0.2, -0.15) is 5.26 Å². The lowest BCUT2D eigenvalue weighted by Gasteiger charge is -2.12. The lowest BCUT2D eigenvalue weighted by molar-refractivity contribution is 0.304. The summed E-state index contributed by atoms with van der Waals surface area (Å²) in [6, 6.07) is 22.1. The van der Waals surface area contributed by atoms with E-state index in [2.05, 4.69) is 13.0 Å². The third kappa shape index (κ3) is 6.69. The highest BCUT2D eigenvalue weighted by Crippen LogP contribution is 2.35. The molecule has 2 nitrogen and oxygen atoms in total. The molecule has 0 aliphatic rings. The van der Waals surface area contributed by atoms with Crippen LogP contribution in [0, 0.1) is 17.1 Å². The Morgan fingerprint density at radius 1 is 0.750 bits per heavy atom. The van der Waals surface area contributed by atoms with Crippen LogP contribution in [0.25, 0.3) is 22.3 Å². The number of unbranched alkanes of at least 4 members (excludes halogenated alkanes) is 7. The van der Waals surface area contributed by atoms with Gasteiger partial charge in [0.2, 0.25) is 0 Å². The third-order valence-corrected chi connectivity index (χ3v) is 5.75.